The first-order valence-electron chi connectivity index (χ1n) is 13.4. The van der Waals surface area contributed by atoms with E-state index in [4.69, 9.17) is 23.4 Å². The molecule has 3 heterocycles. The Kier molecular flexibility index (Phi) is 8.40. The molecule has 2 aliphatic rings. The third-order valence-electron chi connectivity index (χ3n) is 7.74. The van der Waals surface area contributed by atoms with Gasteiger partial charge >= 0.3 is 0 Å². The van der Waals surface area contributed by atoms with Gasteiger partial charge in [0.2, 0.25) is 17.5 Å². The van der Waals surface area contributed by atoms with Gasteiger partial charge in [0.05, 0.1) is 12.7 Å². The van der Waals surface area contributed by atoms with Gasteiger partial charge in [-0.2, -0.15) is 0 Å². The number of benzene rings is 2. The molecular weight excluding hydrogens is 592 g/mol. The van der Waals surface area contributed by atoms with Crippen LogP contribution in [0, 0.1) is 0 Å². The van der Waals surface area contributed by atoms with Crippen molar-refractivity contribution in [2.75, 3.05) is 6.61 Å². The van der Waals surface area contributed by atoms with E-state index in [0.717, 1.165) is 31.2 Å². The highest BCUT2D eigenvalue weighted by Crippen LogP contribution is 2.40. The van der Waals surface area contributed by atoms with Crippen molar-refractivity contribution in [1.29, 1.82) is 0 Å². The summed E-state index contributed by atoms with van der Waals surface area (Å²) in [5, 5.41) is 103. The molecule has 2 fully saturated rings. The molecule has 0 bridgehead atoms. The summed E-state index contributed by atoms with van der Waals surface area (Å²) in [4.78, 5) is 13.6. The first-order chi connectivity index (χ1) is 20.6. The van der Waals surface area contributed by atoms with Crippen LogP contribution < -0.4 is 10.2 Å². The number of aliphatic hydroxyl groups excluding tert-OH is 5. The second kappa shape index (κ2) is 11.7. The molecule has 2 aliphatic heterocycles. The Balaban J connectivity index is 1.51. The minimum Gasteiger partial charge on any atom is -0.508 e. The standard InChI is InChI=1S/C28H32O16/c1-9-18(33)20(35)21(36)26(41-9)40-8-16-24(37)28(2,39)25(38)27(43-16)44-23-19(34)17-14(32)6-11(29)7-15(17)42-22(23)10-3-4-12(30)13(31)5-10/h3-7,9,16,18,20-21,24-27,29-33,35-39H,8H2,1-2H3/t9?,16?,18-,20?,21-,24+,25?,26+,27-,28-/m0/s1. The number of rotatable bonds is 6. The predicted octanol–water partition coefficient (Wildman–Crippen LogP) is -1.30. The van der Waals surface area contributed by atoms with Gasteiger partial charge in [0.25, 0.3) is 0 Å². The molecule has 16 nitrogen and oxygen atoms in total. The van der Waals surface area contributed by atoms with Crippen LogP contribution in [0.15, 0.2) is 39.5 Å². The molecule has 10 atom stereocenters. The number of ether oxygens (including phenoxy) is 4. The fraction of sp³-hybridized carbons (Fsp3) is 0.464. The zero-order valence-electron chi connectivity index (χ0n) is 23.2. The number of aromatic hydroxyl groups is 4. The summed E-state index contributed by atoms with van der Waals surface area (Å²) in [6.45, 7) is 1.86. The van der Waals surface area contributed by atoms with Crippen molar-refractivity contribution in [2.45, 2.75) is 74.8 Å². The topological polar surface area (TPSA) is 269 Å². The molecule has 2 aromatic carbocycles. The molecule has 0 radical (unpaired) electrons. The fourth-order valence-corrected chi connectivity index (χ4v) is 5.06. The Labute approximate surface area is 247 Å². The summed E-state index contributed by atoms with van der Waals surface area (Å²) < 4.78 is 28.0. The molecule has 0 saturated carbocycles. The van der Waals surface area contributed by atoms with Crippen molar-refractivity contribution in [3.8, 4) is 40.1 Å². The second-order valence-corrected chi connectivity index (χ2v) is 10.9. The number of hydrogen-bond acceptors (Lipinski definition) is 16. The van der Waals surface area contributed by atoms with Gasteiger partial charge < -0.3 is 74.4 Å². The van der Waals surface area contributed by atoms with E-state index < -0.39 is 113 Å². The maximum atomic E-state index is 13.6. The number of phenolic OH excluding ortho intramolecular Hbond substituents is 4. The van der Waals surface area contributed by atoms with E-state index in [2.05, 4.69) is 0 Å². The zero-order chi connectivity index (χ0) is 32.2. The van der Waals surface area contributed by atoms with Crippen LogP contribution in [-0.2, 0) is 14.2 Å². The summed E-state index contributed by atoms with van der Waals surface area (Å²) in [5.41, 5.74) is -3.71. The van der Waals surface area contributed by atoms with Crippen LogP contribution in [0.25, 0.3) is 22.3 Å². The van der Waals surface area contributed by atoms with Crippen molar-refractivity contribution >= 4 is 11.0 Å². The average Bonchev–Trinajstić information content (AvgIpc) is 2.96. The first kappa shape index (κ1) is 31.7. The van der Waals surface area contributed by atoms with Gasteiger partial charge in [0, 0.05) is 17.7 Å². The van der Waals surface area contributed by atoms with Gasteiger partial charge in [-0.25, -0.2) is 0 Å². The maximum absolute atomic E-state index is 13.6. The highest BCUT2D eigenvalue weighted by Gasteiger charge is 2.54. The highest BCUT2D eigenvalue weighted by atomic mass is 16.7. The first-order valence-corrected chi connectivity index (χ1v) is 13.4. The van der Waals surface area contributed by atoms with Crippen LogP contribution in [0.3, 0.4) is 0 Å². The van der Waals surface area contributed by atoms with Crippen molar-refractivity contribution in [2.24, 2.45) is 0 Å². The molecule has 0 amide bonds. The number of fused-ring (bicyclic) bond motifs is 1. The zero-order valence-corrected chi connectivity index (χ0v) is 23.2. The molecule has 10 N–H and O–H groups in total. The lowest BCUT2D eigenvalue weighted by molar-refractivity contribution is -0.332. The molecule has 1 aromatic heterocycles. The lowest BCUT2D eigenvalue weighted by atomic mass is 9.86. The van der Waals surface area contributed by atoms with Crippen LogP contribution in [0.5, 0.6) is 28.7 Å². The largest absolute Gasteiger partial charge is 0.508 e. The van der Waals surface area contributed by atoms with Gasteiger partial charge in [0.15, 0.2) is 23.5 Å². The van der Waals surface area contributed by atoms with Crippen molar-refractivity contribution in [3.63, 3.8) is 0 Å². The summed E-state index contributed by atoms with van der Waals surface area (Å²) in [6, 6.07) is 5.24. The van der Waals surface area contributed by atoms with Gasteiger partial charge in [-0.05, 0) is 32.0 Å². The Morgan fingerprint density at radius 3 is 2.23 bits per heavy atom. The van der Waals surface area contributed by atoms with Crippen molar-refractivity contribution < 1.29 is 74.4 Å². The van der Waals surface area contributed by atoms with Crippen LogP contribution in [0.2, 0.25) is 0 Å². The molecule has 4 unspecified atom stereocenters. The molecule has 3 aromatic rings. The lowest BCUT2D eigenvalue weighted by Crippen LogP contribution is -2.67. The van der Waals surface area contributed by atoms with Crippen molar-refractivity contribution in [1.82, 2.24) is 0 Å². The molecule has 0 spiro atoms. The monoisotopic (exact) mass is 624 g/mol. The minimum absolute atomic E-state index is 0.0348. The van der Waals surface area contributed by atoms with E-state index in [9.17, 15) is 55.9 Å². The molecule has 0 aliphatic carbocycles. The number of aliphatic hydroxyl groups is 6. The van der Waals surface area contributed by atoms with Crippen LogP contribution in [0.4, 0.5) is 0 Å². The quantitative estimate of drug-likeness (QED) is 0.143. The number of hydrogen-bond donors (Lipinski definition) is 10. The Morgan fingerprint density at radius 1 is 0.841 bits per heavy atom. The SMILES string of the molecule is CC1O[C@@H](OCC2O[C@@H](Oc3c(-c4ccc(O)c(O)c4)oc4cc(O)cc(O)c4c3=O)C(O)[C@@](C)(O)[C@@H]2O)[C@@H](O)C(O)[C@H]1O. The summed E-state index contributed by atoms with van der Waals surface area (Å²) in [5.74, 6) is -3.35. The highest BCUT2D eigenvalue weighted by molar-refractivity contribution is 5.88. The van der Waals surface area contributed by atoms with Crippen LogP contribution in [-0.4, -0.2) is 119 Å². The molecule has 5 rings (SSSR count). The normalized spacial score (nSPS) is 34.2. The molecular formula is C28H32O16. The van der Waals surface area contributed by atoms with E-state index >= 15 is 0 Å². The predicted molar refractivity (Wildman–Crippen MR) is 145 cm³/mol. The van der Waals surface area contributed by atoms with Gasteiger partial charge in [-0.1, -0.05) is 0 Å². The van der Waals surface area contributed by atoms with Crippen LogP contribution >= 0.6 is 0 Å². The van der Waals surface area contributed by atoms with Crippen LogP contribution in [0.1, 0.15) is 13.8 Å². The van der Waals surface area contributed by atoms with E-state index in [-0.39, 0.29) is 11.1 Å². The second-order valence-electron chi connectivity index (χ2n) is 10.9. The van der Waals surface area contributed by atoms with E-state index in [1.165, 1.54) is 13.0 Å². The van der Waals surface area contributed by atoms with E-state index in [1.807, 2.05) is 0 Å². The average molecular weight is 625 g/mol. The van der Waals surface area contributed by atoms with Crippen molar-refractivity contribution in [3.05, 3.63) is 40.6 Å². The smallest absolute Gasteiger partial charge is 0.239 e. The van der Waals surface area contributed by atoms with Gasteiger partial charge in [-0.15, -0.1) is 0 Å². The maximum Gasteiger partial charge on any atom is 0.239 e. The third kappa shape index (κ3) is 5.51. The summed E-state index contributed by atoms with van der Waals surface area (Å²) >= 11 is 0. The van der Waals surface area contributed by atoms with Gasteiger partial charge in [-0.3, -0.25) is 4.79 Å². The summed E-state index contributed by atoms with van der Waals surface area (Å²) in [7, 11) is 0. The Bertz CT molecular complexity index is 1590. The van der Waals surface area contributed by atoms with Gasteiger partial charge in [0.1, 0.15) is 64.7 Å². The molecule has 240 valence electrons. The van der Waals surface area contributed by atoms with E-state index in [1.54, 1.807) is 0 Å². The third-order valence-corrected chi connectivity index (χ3v) is 7.74. The minimum atomic E-state index is -2.35. The summed E-state index contributed by atoms with van der Waals surface area (Å²) in [6.07, 6.45) is -14.4. The molecule has 2 saturated heterocycles. The molecule has 44 heavy (non-hydrogen) atoms. The Morgan fingerprint density at radius 2 is 1.55 bits per heavy atom. The Hall–Kier alpha value is -3.71. The number of phenols is 4. The van der Waals surface area contributed by atoms with E-state index in [0.29, 0.717) is 0 Å². The fourth-order valence-electron chi connectivity index (χ4n) is 5.06. The molecule has 16 heteroatoms. The lowest BCUT2D eigenvalue weighted by Gasteiger charge is -2.46.